The first-order valence-electron chi connectivity index (χ1n) is 10.0. The largest absolute Gasteiger partial charge is 0.497 e. The summed E-state index contributed by atoms with van der Waals surface area (Å²) in [6.07, 6.45) is 3.27. The normalized spacial score (nSPS) is 15.6. The predicted molar refractivity (Wildman–Crippen MR) is 129 cm³/mol. The maximum atomic E-state index is 13.6. The molecule has 170 valence electrons. The van der Waals surface area contributed by atoms with Crippen LogP contribution in [-0.2, 0) is 9.53 Å². The van der Waals surface area contributed by atoms with Gasteiger partial charge in [0, 0.05) is 16.5 Å². The van der Waals surface area contributed by atoms with E-state index in [4.69, 9.17) is 14.2 Å². The minimum absolute atomic E-state index is 0.0778. The molecule has 0 saturated heterocycles. The fraction of sp³-hybridized carbons (Fsp3) is 0.208. The van der Waals surface area contributed by atoms with Crippen molar-refractivity contribution in [3.8, 4) is 11.5 Å². The summed E-state index contributed by atoms with van der Waals surface area (Å²) in [6.45, 7) is 5.43. The number of methoxy groups -OCH3 is 2. The highest BCUT2D eigenvalue weighted by Gasteiger charge is 2.33. The minimum Gasteiger partial charge on any atom is -0.497 e. The molecular weight excluding hydrogens is 460 g/mol. The van der Waals surface area contributed by atoms with Crippen LogP contribution in [0.25, 0.3) is 6.08 Å². The van der Waals surface area contributed by atoms with Crippen LogP contribution in [-0.4, -0.2) is 31.4 Å². The first-order chi connectivity index (χ1) is 16.0. The van der Waals surface area contributed by atoms with Gasteiger partial charge in [-0.1, -0.05) is 30.1 Å². The Balaban J connectivity index is 1.90. The number of esters is 1. The van der Waals surface area contributed by atoms with Crippen LogP contribution in [0.3, 0.4) is 0 Å². The van der Waals surface area contributed by atoms with Crippen LogP contribution in [0, 0.1) is 0 Å². The number of hydrogen-bond acceptors (Lipinski definition) is 8. The third kappa shape index (κ3) is 4.29. The molecular formula is C24H22N2O5S2. The van der Waals surface area contributed by atoms with E-state index in [0.717, 1.165) is 10.4 Å². The number of thiophene rings is 1. The number of nitrogens with zero attached hydrogens (tertiary/aromatic N) is 2. The zero-order valence-corrected chi connectivity index (χ0v) is 20.0. The lowest BCUT2D eigenvalue weighted by Crippen LogP contribution is -2.39. The monoisotopic (exact) mass is 482 g/mol. The molecule has 9 heteroatoms. The smallest absolute Gasteiger partial charge is 0.338 e. The lowest BCUT2D eigenvalue weighted by molar-refractivity contribution is -0.138. The molecule has 1 aromatic carbocycles. The van der Waals surface area contributed by atoms with Crippen molar-refractivity contribution < 1.29 is 19.0 Å². The summed E-state index contributed by atoms with van der Waals surface area (Å²) in [7, 11) is 3.14. The molecule has 0 amide bonds. The Bertz CT molecular complexity index is 1410. The van der Waals surface area contributed by atoms with Crippen molar-refractivity contribution in [2.45, 2.75) is 13.0 Å². The molecule has 33 heavy (non-hydrogen) atoms. The Hall–Kier alpha value is -3.43. The van der Waals surface area contributed by atoms with Gasteiger partial charge in [-0.2, -0.15) is 0 Å². The second-order valence-corrected chi connectivity index (χ2v) is 9.08. The van der Waals surface area contributed by atoms with Crippen LogP contribution >= 0.6 is 22.7 Å². The number of hydrogen-bond donors (Lipinski definition) is 0. The van der Waals surface area contributed by atoms with Crippen molar-refractivity contribution in [1.29, 1.82) is 0 Å². The van der Waals surface area contributed by atoms with Crippen molar-refractivity contribution in [2.24, 2.45) is 4.99 Å². The summed E-state index contributed by atoms with van der Waals surface area (Å²) < 4.78 is 18.1. The molecule has 0 saturated carbocycles. The van der Waals surface area contributed by atoms with Gasteiger partial charge in [-0.3, -0.25) is 9.36 Å². The molecule has 0 radical (unpaired) electrons. The van der Waals surface area contributed by atoms with Crippen molar-refractivity contribution in [2.75, 3.05) is 20.8 Å². The molecule has 7 nitrogen and oxygen atoms in total. The molecule has 3 heterocycles. The number of fused-ring (bicyclic) bond motifs is 1. The molecule has 1 aliphatic heterocycles. The molecule has 2 aromatic heterocycles. The first-order valence-corrected chi connectivity index (χ1v) is 11.7. The molecule has 0 N–H and O–H groups in total. The van der Waals surface area contributed by atoms with Crippen LogP contribution in [0.1, 0.15) is 23.4 Å². The number of carbonyl (C=O) groups excluding carboxylic acids is 1. The van der Waals surface area contributed by atoms with E-state index in [9.17, 15) is 9.59 Å². The van der Waals surface area contributed by atoms with Gasteiger partial charge in [0.25, 0.3) is 5.56 Å². The second-order valence-electron chi connectivity index (χ2n) is 7.09. The number of aromatic nitrogens is 1. The van der Waals surface area contributed by atoms with Gasteiger partial charge in [-0.15, -0.1) is 11.3 Å². The summed E-state index contributed by atoms with van der Waals surface area (Å²) in [5.41, 5.74) is 1.37. The van der Waals surface area contributed by atoms with Crippen LogP contribution in [0.4, 0.5) is 0 Å². The Kier molecular flexibility index (Phi) is 6.62. The van der Waals surface area contributed by atoms with Gasteiger partial charge < -0.3 is 14.2 Å². The number of allylic oxidation sites excluding steroid dienone is 1. The van der Waals surface area contributed by atoms with Crippen LogP contribution in [0.5, 0.6) is 11.5 Å². The van der Waals surface area contributed by atoms with E-state index in [1.807, 2.05) is 23.6 Å². The lowest BCUT2D eigenvalue weighted by atomic mass is 10.0. The highest BCUT2D eigenvalue weighted by molar-refractivity contribution is 7.10. The van der Waals surface area contributed by atoms with Crippen molar-refractivity contribution in [3.63, 3.8) is 0 Å². The van der Waals surface area contributed by atoms with Gasteiger partial charge in [0.1, 0.15) is 24.1 Å². The first kappa shape index (κ1) is 22.8. The average Bonchev–Trinajstić information content (AvgIpc) is 3.45. The molecule has 1 atom stereocenters. The van der Waals surface area contributed by atoms with E-state index >= 15 is 0 Å². The van der Waals surface area contributed by atoms with Crippen molar-refractivity contribution >= 4 is 34.7 Å². The second kappa shape index (κ2) is 9.60. The summed E-state index contributed by atoms with van der Waals surface area (Å²) in [6, 6.07) is 8.57. The van der Waals surface area contributed by atoms with Gasteiger partial charge >= 0.3 is 5.97 Å². The Morgan fingerprint density at radius 2 is 2.09 bits per heavy atom. The van der Waals surface area contributed by atoms with E-state index in [-0.39, 0.29) is 12.2 Å². The van der Waals surface area contributed by atoms with E-state index < -0.39 is 12.0 Å². The van der Waals surface area contributed by atoms with Crippen LogP contribution < -0.4 is 24.4 Å². The van der Waals surface area contributed by atoms with Gasteiger partial charge in [-0.05, 0) is 36.6 Å². The fourth-order valence-corrected chi connectivity index (χ4v) is 5.45. The highest BCUT2D eigenvalue weighted by Crippen LogP contribution is 2.33. The molecule has 3 aromatic rings. The maximum absolute atomic E-state index is 13.6. The number of carbonyl (C=O) groups is 1. The quantitative estimate of drug-likeness (QED) is 0.382. The van der Waals surface area contributed by atoms with Gasteiger partial charge in [-0.25, -0.2) is 9.79 Å². The highest BCUT2D eigenvalue weighted by atomic mass is 32.1. The zero-order chi connectivity index (χ0) is 23.5. The van der Waals surface area contributed by atoms with Gasteiger partial charge in [0.15, 0.2) is 4.80 Å². The summed E-state index contributed by atoms with van der Waals surface area (Å²) in [5, 5.41) is 1.91. The standard InChI is InChI=1S/C24H22N2O5S2/c1-5-10-31-23(28)20-14(2)25-24-26(21(20)18-7-6-11-32-18)22(27)19(33-24)12-15-8-9-16(29-3)13-17(15)30-4/h5-9,11-13,21H,1,10H2,2-4H3/b19-12-. The Labute approximate surface area is 198 Å². The van der Waals surface area contributed by atoms with Crippen LogP contribution in [0.2, 0.25) is 0 Å². The molecule has 4 rings (SSSR count). The summed E-state index contributed by atoms with van der Waals surface area (Å²) in [4.78, 5) is 32.4. The average molecular weight is 483 g/mol. The predicted octanol–water partition coefficient (Wildman–Crippen LogP) is 3.04. The topological polar surface area (TPSA) is 79.1 Å². The van der Waals surface area contributed by atoms with Crippen molar-refractivity contribution in [3.05, 3.63) is 89.8 Å². The number of rotatable bonds is 7. The lowest BCUT2D eigenvalue weighted by Gasteiger charge is -2.23. The third-order valence-electron chi connectivity index (χ3n) is 5.11. The molecule has 1 unspecified atom stereocenters. The molecule has 0 bridgehead atoms. The van der Waals surface area contributed by atoms with E-state index in [1.54, 1.807) is 43.9 Å². The number of benzene rings is 1. The molecule has 0 aliphatic carbocycles. The summed E-state index contributed by atoms with van der Waals surface area (Å²) >= 11 is 2.74. The molecule has 1 aliphatic rings. The van der Waals surface area contributed by atoms with Crippen LogP contribution in [0.15, 0.2) is 69.4 Å². The SMILES string of the molecule is C=CCOC(=O)C1=C(C)N=c2s/c(=C\c3ccc(OC)cc3OC)c(=O)n2C1c1cccs1. The molecule has 0 fully saturated rings. The van der Waals surface area contributed by atoms with Gasteiger partial charge in [0.2, 0.25) is 0 Å². The van der Waals surface area contributed by atoms with E-state index in [1.165, 1.54) is 28.7 Å². The Morgan fingerprint density at radius 3 is 2.76 bits per heavy atom. The maximum Gasteiger partial charge on any atom is 0.338 e. The third-order valence-corrected chi connectivity index (χ3v) is 7.02. The minimum atomic E-state index is -0.613. The van der Waals surface area contributed by atoms with E-state index in [2.05, 4.69) is 11.6 Å². The summed E-state index contributed by atoms with van der Waals surface area (Å²) in [5.74, 6) is 0.724. The zero-order valence-electron chi connectivity index (χ0n) is 18.4. The fourth-order valence-electron chi connectivity index (χ4n) is 3.59. The Morgan fingerprint density at radius 1 is 1.27 bits per heavy atom. The van der Waals surface area contributed by atoms with Crippen molar-refractivity contribution in [1.82, 2.24) is 4.57 Å². The van der Waals surface area contributed by atoms with Gasteiger partial charge in [0.05, 0.1) is 30.0 Å². The van der Waals surface area contributed by atoms with E-state index in [0.29, 0.717) is 32.1 Å². The molecule has 0 spiro atoms. The number of ether oxygens (including phenoxy) is 3. The number of thiazole rings is 1.